The number of hydrogen-bond acceptors (Lipinski definition) is 7. The van der Waals surface area contributed by atoms with Gasteiger partial charge in [-0.2, -0.15) is 0 Å². The maximum atomic E-state index is 9.19. The molecule has 0 radical (unpaired) electrons. The molecule has 0 bridgehead atoms. The van der Waals surface area contributed by atoms with E-state index in [1.54, 1.807) is 13.2 Å². The van der Waals surface area contributed by atoms with Gasteiger partial charge in [-0.15, -0.1) is 0 Å². The van der Waals surface area contributed by atoms with Crippen molar-refractivity contribution in [1.82, 2.24) is 9.97 Å². The van der Waals surface area contributed by atoms with Gasteiger partial charge in [0.2, 0.25) is 0 Å². The van der Waals surface area contributed by atoms with Crippen LogP contribution in [0.25, 0.3) is 0 Å². The smallest absolute Gasteiger partial charge is 0.158 e. The molecule has 5 N–H and O–H groups in total. The number of aliphatic hydroxyl groups excluding tert-OH is 1. The number of nitrogens with two attached hydrogens (primary N) is 1. The number of rotatable bonds is 7. The van der Waals surface area contributed by atoms with Crippen LogP contribution in [0.1, 0.15) is 19.7 Å². The Morgan fingerprint density at radius 1 is 1.39 bits per heavy atom. The van der Waals surface area contributed by atoms with E-state index in [0.717, 1.165) is 0 Å². The fraction of sp³-hybridized carbons (Fsp3) is 0.636. The molecule has 0 aliphatic heterocycles. The lowest BCUT2D eigenvalue weighted by Crippen LogP contribution is -2.27. The molecule has 0 saturated heterocycles. The van der Waals surface area contributed by atoms with Gasteiger partial charge in [0.15, 0.2) is 5.82 Å². The van der Waals surface area contributed by atoms with Crippen LogP contribution in [0.5, 0.6) is 0 Å². The summed E-state index contributed by atoms with van der Waals surface area (Å²) in [6, 6.07) is 1.70. The normalized spacial score (nSPS) is 11.4. The van der Waals surface area contributed by atoms with Crippen molar-refractivity contribution in [2.24, 2.45) is 11.3 Å². The van der Waals surface area contributed by atoms with Crippen LogP contribution in [-0.2, 0) is 11.3 Å². The highest BCUT2D eigenvalue weighted by Gasteiger charge is 2.16. The highest BCUT2D eigenvalue weighted by Crippen LogP contribution is 2.16. The molecule has 0 aliphatic carbocycles. The second-order valence-electron chi connectivity index (χ2n) is 4.81. The standard InChI is InChI=1S/C11H21N5O2/c1-11(2,7-17)6-13-8-4-9(16-12)15-10(14-8)5-18-3/h4,17H,5-7,12H2,1-3H3,(H2,13,14,15,16). The lowest BCUT2D eigenvalue weighted by atomic mass is 9.95. The first-order chi connectivity index (χ1) is 8.50. The molecule has 0 fully saturated rings. The van der Waals surface area contributed by atoms with E-state index in [2.05, 4.69) is 20.7 Å². The number of nitrogens with one attached hydrogen (secondary N) is 2. The summed E-state index contributed by atoms with van der Waals surface area (Å²) in [5.74, 6) is 7.04. The number of hydrogen-bond donors (Lipinski definition) is 4. The first-order valence-electron chi connectivity index (χ1n) is 5.69. The molecule has 0 spiro atoms. The Bertz CT molecular complexity index is 384. The summed E-state index contributed by atoms with van der Waals surface area (Å²) in [4.78, 5) is 8.43. The molecule has 1 heterocycles. The van der Waals surface area contributed by atoms with E-state index in [0.29, 0.717) is 30.6 Å². The van der Waals surface area contributed by atoms with Crippen LogP contribution in [0.15, 0.2) is 6.07 Å². The minimum atomic E-state index is -0.220. The Morgan fingerprint density at radius 3 is 2.61 bits per heavy atom. The second kappa shape index (κ2) is 6.48. The summed E-state index contributed by atoms with van der Waals surface area (Å²) in [6.07, 6.45) is 0. The highest BCUT2D eigenvalue weighted by atomic mass is 16.5. The van der Waals surface area contributed by atoms with Crippen molar-refractivity contribution in [3.8, 4) is 0 Å². The Hall–Kier alpha value is -1.44. The van der Waals surface area contributed by atoms with Crippen molar-refractivity contribution >= 4 is 11.6 Å². The molecular weight excluding hydrogens is 234 g/mol. The van der Waals surface area contributed by atoms with Crippen molar-refractivity contribution in [3.63, 3.8) is 0 Å². The monoisotopic (exact) mass is 255 g/mol. The third kappa shape index (κ3) is 4.44. The predicted octanol–water partition coefficient (Wildman–Crippen LogP) is 0.339. The molecule has 0 saturated carbocycles. The van der Waals surface area contributed by atoms with Crippen molar-refractivity contribution in [3.05, 3.63) is 11.9 Å². The molecule has 102 valence electrons. The van der Waals surface area contributed by atoms with E-state index in [1.165, 1.54) is 0 Å². The number of hydrazine groups is 1. The maximum absolute atomic E-state index is 9.19. The van der Waals surface area contributed by atoms with Crippen molar-refractivity contribution in [1.29, 1.82) is 0 Å². The molecule has 1 aromatic rings. The zero-order valence-corrected chi connectivity index (χ0v) is 11.0. The zero-order chi connectivity index (χ0) is 13.6. The van der Waals surface area contributed by atoms with E-state index in [-0.39, 0.29) is 12.0 Å². The molecule has 1 aromatic heterocycles. The third-order valence-corrected chi connectivity index (χ3v) is 2.37. The lowest BCUT2D eigenvalue weighted by molar-refractivity contribution is 0.170. The Morgan fingerprint density at radius 2 is 2.06 bits per heavy atom. The van der Waals surface area contributed by atoms with Gasteiger partial charge in [-0.25, -0.2) is 15.8 Å². The van der Waals surface area contributed by atoms with Crippen LogP contribution < -0.4 is 16.6 Å². The Labute approximate surface area is 107 Å². The van der Waals surface area contributed by atoms with Gasteiger partial charge in [0.1, 0.15) is 18.2 Å². The van der Waals surface area contributed by atoms with E-state index >= 15 is 0 Å². The predicted molar refractivity (Wildman–Crippen MR) is 69.9 cm³/mol. The van der Waals surface area contributed by atoms with Crippen molar-refractivity contribution in [2.75, 3.05) is 31.0 Å². The van der Waals surface area contributed by atoms with Gasteiger partial charge in [-0.1, -0.05) is 13.8 Å². The zero-order valence-electron chi connectivity index (χ0n) is 11.0. The van der Waals surface area contributed by atoms with Gasteiger partial charge in [0.05, 0.1) is 0 Å². The van der Waals surface area contributed by atoms with Crippen LogP contribution in [-0.4, -0.2) is 35.3 Å². The summed E-state index contributed by atoms with van der Waals surface area (Å²) in [5.41, 5.74) is 2.26. The van der Waals surface area contributed by atoms with E-state index < -0.39 is 0 Å². The average Bonchev–Trinajstić information content (AvgIpc) is 2.37. The highest BCUT2D eigenvalue weighted by molar-refractivity contribution is 5.46. The first kappa shape index (κ1) is 14.6. The molecule has 0 unspecified atom stereocenters. The molecule has 7 nitrogen and oxygen atoms in total. The molecule has 18 heavy (non-hydrogen) atoms. The molecule has 7 heteroatoms. The fourth-order valence-corrected chi connectivity index (χ4v) is 1.24. The number of aliphatic hydroxyl groups is 1. The van der Waals surface area contributed by atoms with Crippen molar-refractivity contribution < 1.29 is 9.84 Å². The van der Waals surface area contributed by atoms with Gasteiger partial charge < -0.3 is 20.6 Å². The molecular formula is C11H21N5O2. The topological polar surface area (TPSA) is 105 Å². The largest absolute Gasteiger partial charge is 0.396 e. The van der Waals surface area contributed by atoms with Crippen LogP contribution in [0, 0.1) is 5.41 Å². The number of aromatic nitrogens is 2. The van der Waals surface area contributed by atoms with Gasteiger partial charge in [0.25, 0.3) is 0 Å². The third-order valence-electron chi connectivity index (χ3n) is 2.37. The first-order valence-corrected chi connectivity index (χ1v) is 5.69. The summed E-state index contributed by atoms with van der Waals surface area (Å²) in [6.45, 7) is 4.92. The molecule has 0 atom stereocenters. The second-order valence-corrected chi connectivity index (χ2v) is 4.81. The lowest BCUT2D eigenvalue weighted by Gasteiger charge is -2.22. The SMILES string of the molecule is COCc1nc(NN)cc(NCC(C)(C)CO)n1. The summed E-state index contributed by atoms with van der Waals surface area (Å²) in [7, 11) is 1.58. The van der Waals surface area contributed by atoms with Gasteiger partial charge in [-0.05, 0) is 0 Å². The van der Waals surface area contributed by atoms with E-state index in [4.69, 9.17) is 10.6 Å². The van der Waals surface area contributed by atoms with Crippen LogP contribution in [0.3, 0.4) is 0 Å². The van der Waals surface area contributed by atoms with Crippen LogP contribution >= 0.6 is 0 Å². The van der Waals surface area contributed by atoms with Crippen LogP contribution in [0.4, 0.5) is 11.6 Å². The van der Waals surface area contributed by atoms with Crippen molar-refractivity contribution in [2.45, 2.75) is 20.5 Å². The number of anilines is 2. The average molecular weight is 255 g/mol. The minimum Gasteiger partial charge on any atom is -0.396 e. The van der Waals surface area contributed by atoms with Gasteiger partial charge >= 0.3 is 0 Å². The minimum absolute atomic E-state index is 0.0952. The quantitative estimate of drug-likeness (QED) is 0.411. The Balaban J connectivity index is 2.78. The van der Waals surface area contributed by atoms with Gasteiger partial charge in [-0.3, -0.25) is 0 Å². The van der Waals surface area contributed by atoms with E-state index in [9.17, 15) is 5.11 Å². The summed E-state index contributed by atoms with van der Waals surface area (Å²) in [5, 5.41) is 12.3. The van der Waals surface area contributed by atoms with E-state index in [1.807, 2.05) is 13.8 Å². The number of nitrogen functional groups attached to an aromatic ring is 1. The summed E-state index contributed by atoms with van der Waals surface area (Å²) >= 11 is 0. The maximum Gasteiger partial charge on any atom is 0.158 e. The number of ether oxygens (including phenoxy) is 1. The number of methoxy groups -OCH3 is 1. The fourth-order valence-electron chi connectivity index (χ4n) is 1.24. The Kier molecular flexibility index (Phi) is 5.26. The number of nitrogens with zero attached hydrogens (tertiary/aromatic N) is 2. The molecule has 0 aromatic carbocycles. The summed E-state index contributed by atoms with van der Waals surface area (Å²) < 4.78 is 4.99. The molecule has 1 rings (SSSR count). The van der Waals surface area contributed by atoms with Gasteiger partial charge in [0, 0.05) is 31.7 Å². The molecule has 0 aliphatic rings. The van der Waals surface area contributed by atoms with Crippen LogP contribution in [0.2, 0.25) is 0 Å². The molecule has 0 amide bonds.